The first-order valence-corrected chi connectivity index (χ1v) is 8.82. The molecule has 0 saturated heterocycles. The van der Waals surface area contributed by atoms with Gasteiger partial charge in [-0.2, -0.15) is 0 Å². The van der Waals surface area contributed by atoms with Gasteiger partial charge in [-0.05, 0) is 61.6 Å². The predicted octanol–water partition coefficient (Wildman–Crippen LogP) is 5.66. The summed E-state index contributed by atoms with van der Waals surface area (Å²) in [5.74, 6) is 0. The fourth-order valence-corrected chi connectivity index (χ4v) is 3.55. The normalized spacial score (nSPS) is 14.5. The van der Waals surface area contributed by atoms with E-state index in [2.05, 4.69) is 86.7 Å². The summed E-state index contributed by atoms with van der Waals surface area (Å²) >= 11 is 0. The molecular weight excluding hydrogens is 304 g/mol. The predicted molar refractivity (Wildman–Crippen MR) is 107 cm³/mol. The van der Waals surface area contributed by atoms with Gasteiger partial charge in [0, 0.05) is 36.2 Å². The Hall–Kier alpha value is -2.61. The third-order valence-electron chi connectivity index (χ3n) is 4.95. The third-order valence-corrected chi connectivity index (χ3v) is 4.95. The fraction of sp³-hybridized carbons (Fsp3) is 0.261. The zero-order valence-corrected chi connectivity index (χ0v) is 15.6. The van der Waals surface area contributed by atoms with Crippen LogP contribution in [0.2, 0.25) is 0 Å². The molecule has 128 valence electrons. The van der Waals surface area contributed by atoms with E-state index in [1.807, 2.05) is 6.20 Å². The van der Waals surface area contributed by atoms with Crippen LogP contribution in [0.25, 0.3) is 11.3 Å². The molecule has 0 amide bonds. The molecule has 2 aromatic rings. The monoisotopic (exact) mass is 330 g/mol. The van der Waals surface area contributed by atoms with E-state index in [0.29, 0.717) is 0 Å². The molecule has 1 aromatic heterocycles. The number of allylic oxidation sites excluding steroid dienone is 4. The summed E-state index contributed by atoms with van der Waals surface area (Å²) in [6, 6.07) is 8.86. The molecule has 1 aliphatic heterocycles. The highest BCUT2D eigenvalue weighted by Gasteiger charge is 2.24. The quantitative estimate of drug-likeness (QED) is 0.672. The van der Waals surface area contributed by atoms with E-state index in [-0.39, 0.29) is 0 Å². The van der Waals surface area contributed by atoms with Crippen LogP contribution in [0, 0.1) is 13.8 Å². The molecule has 3 rings (SSSR count). The Balaban J connectivity index is 1.83. The van der Waals surface area contributed by atoms with Gasteiger partial charge in [0.1, 0.15) is 0 Å². The Kier molecular flexibility index (Phi) is 4.89. The van der Waals surface area contributed by atoms with Crippen molar-refractivity contribution < 1.29 is 0 Å². The minimum absolute atomic E-state index is 0.883. The van der Waals surface area contributed by atoms with Crippen molar-refractivity contribution in [1.29, 1.82) is 0 Å². The average molecular weight is 330 g/mol. The second-order valence-corrected chi connectivity index (χ2v) is 6.62. The van der Waals surface area contributed by atoms with Gasteiger partial charge in [-0.1, -0.05) is 43.0 Å². The van der Waals surface area contributed by atoms with Gasteiger partial charge in [0.05, 0.1) is 0 Å². The molecule has 0 N–H and O–H groups in total. The smallest absolute Gasteiger partial charge is 0.0468 e. The molecule has 0 radical (unpaired) electrons. The molecule has 2 nitrogen and oxygen atoms in total. The summed E-state index contributed by atoms with van der Waals surface area (Å²) < 4.78 is 0. The van der Waals surface area contributed by atoms with Crippen LogP contribution in [-0.2, 0) is 13.1 Å². The zero-order chi connectivity index (χ0) is 18.0. The molecule has 0 bridgehead atoms. The minimum atomic E-state index is 0.883. The van der Waals surface area contributed by atoms with Crippen LogP contribution in [0.15, 0.2) is 55.3 Å². The molecule has 1 aromatic carbocycles. The van der Waals surface area contributed by atoms with Crippen molar-refractivity contribution in [2.45, 2.75) is 40.8 Å². The van der Waals surface area contributed by atoms with Crippen LogP contribution in [0.1, 0.15) is 47.4 Å². The molecule has 0 spiro atoms. The minimum Gasteiger partial charge on any atom is -0.363 e. The van der Waals surface area contributed by atoms with Gasteiger partial charge < -0.3 is 4.90 Å². The molecule has 0 fully saturated rings. The van der Waals surface area contributed by atoms with Crippen LogP contribution in [-0.4, -0.2) is 9.88 Å². The maximum Gasteiger partial charge on any atom is 0.0468 e. The number of benzene rings is 1. The Morgan fingerprint density at radius 3 is 2.68 bits per heavy atom. The van der Waals surface area contributed by atoms with Gasteiger partial charge in [-0.25, -0.2) is 0 Å². The highest BCUT2D eigenvalue weighted by Crippen LogP contribution is 2.34. The maximum absolute atomic E-state index is 4.42. The van der Waals surface area contributed by atoms with E-state index in [1.54, 1.807) is 0 Å². The van der Waals surface area contributed by atoms with Gasteiger partial charge in [-0.3, -0.25) is 4.98 Å². The summed E-state index contributed by atoms with van der Waals surface area (Å²) in [6.45, 7) is 14.5. The van der Waals surface area contributed by atoms with Gasteiger partial charge in [0.25, 0.3) is 0 Å². The molecule has 0 atom stereocenters. The van der Waals surface area contributed by atoms with Crippen LogP contribution in [0.3, 0.4) is 0 Å². The van der Waals surface area contributed by atoms with Crippen LogP contribution >= 0.6 is 0 Å². The molecule has 1 aliphatic rings. The number of rotatable bonds is 4. The van der Waals surface area contributed by atoms with Crippen molar-refractivity contribution in [3.63, 3.8) is 0 Å². The molecule has 25 heavy (non-hydrogen) atoms. The van der Waals surface area contributed by atoms with Gasteiger partial charge in [0.15, 0.2) is 0 Å². The van der Waals surface area contributed by atoms with Crippen molar-refractivity contribution in [2.24, 2.45) is 0 Å². The first kappa shape index (κ1) is 17.2. The van der Waals surface area contributed by atoms with E-state index >= 15 is 0 Å². The summed E-state index contributed by atoms with van der Waals surface area (Å²) in [4.78, 5) is 6.77. The summed E-state index contributed by atoms with van der Waals surface area (Å²) in [5.41, 5.74) is 9.91. The van der Waals surface area contributed by atoms with Crippen molar-refractivity contribution in [2.75, 3.05) is 0 Å². The molecular formula is C23H26N2. The standard InChI is InChI=1S/C23H26N2/c1-6-8-19(7-2)20-9-10-21(16(3)13-20)14-25-15-22-11-12-24-17(4)23(22)18(25)5/h6-13H,5,14-15H2,1-4H3/b8-6-,19-7+. The number of hydrogen-bond donors (Lipinski definition) is 0. The largest absolute Gasteiger partial charge is 0.363 e. The molecule has 2 heteroatoms. The second kappa shape index (κ2) is 7.10. The number of fused-ring (bicyclic) bond motifs is 1. The maximum atomic E-state index is 4.42. The topological polar surface area (TPSA) is 16.1 Å². The van der Waals surface area contributed by atoms with Gasteiger partial charge >= 0.3 is 0 Å². The second-order valence-electron chi connectivity index (χ2n) is 6.62. The Bertz CT molecular complexity index is 872. The van der Waals surface area contributed by atoms with Crippen molar-refractivity contribution >= 4 is 11.3 Å². The Morgan fingerprint density at radius 1 is 1.24 bits per heavy atom. The number of aryl methyl sites for hydroxylation is 2. The number of pyridine rings is 1. The van der Waals surface area contributed by atoms with Crippen molar-refractivity contribution in [1.82, 2.24) is 9.88 Å². The van der Waals surface area contributed by atoms with Crippen LogP contribution < -0.4 is 0 Å². The van der Waals surface area contributed by atoms with Gasteiger partial charge in [0.2, 0.25) is 0 Å². The first-order chi connectivity index (χ1) is 12.0. The van der Waals surface area contributed by atoms with E-state index in [4.69, 9.17) is 0 Å². The van der Waals surface area contributed by atoms with E-state index in [1.165, 1.54) is 33.4 Å². The van der Waals surface area contributed by atoms with E-state index in [0.717, 1.165) is 24.5 Å². The number of hydrogen-bond acceptors (Lipinski definition) is 2. The van der Waals surface area contributed by atoms with Crippen molar-refractivity contribution in [3.05, 3.63) is 88.8 Å². The number of nitrogens with zero attached hydrogens (tertiary/aromatic N) is 2. The highest BCUT2D eigenvalue weighted by molar-refractivity contribution is 5.74. The molecule has 2 heterocycles. The Morgan fingerprint density at radius 2 is 2.04 bits per heavy atom. The first-order valence-electron chi connectivity index (χ1n) is 8.82. The molecule has 0 saturated carbocycles. The highest BCUT2D eigenvalue weighted by atomic mass is 15.2. The van der Waals surface area contributed by atoms with E-state index < -0.39 is 0 Å². The van der Waals surface area contributed by atoms with Crippen LogP contribution in [0.5, 0.6) is 0 Å². The molecule has 0 aliphatic carbocycles. The fourth-order valence-electron chi connectivity index (χ4n) is 3.55. The lowest BCUT2D eigenvalue weighted by Gasteiger charge is -2.21. The third kappa shape index (κ3) is 3.30. The van der Waals surface area contributed by atoms with Crippen LogP contribution in [0.4, 0.5) is 0 Å². The van der Waals surface area contributed by atoms with Gasteiger partial charge in [-0.15, -0.1) is 0 Å². The SMILES string of the molecule is C=C1c2c(ccnc2C)CN1Cc1ccc(C(/C=C\C)=C/C)cc1C. The average Bonchev–Trinajstić information content (AvgIpc) is 2.92. The zero-order valence-electron chi connectivity index (χ0n) is 15.6. The summed E-state index contributed by atoms with van der Waals surface area (Å²) in [7, 11) is 0. The molecule has 0 unspecified atom stereocenters. The number of aromatic nitrogens is 1. The lowest BCUT2D eigenvalue weighted by Crippen LogP contribution is -2.15. The lowest BCUT2D eigenvalue weighted by atomic mass is 9.99. The summed E-state index contributed by atoms with van der Waals surface area (Å²) in [5, 5.41) is 0. The summed E-state index contributed by atoms with van der Waals surface area (Å²) in [6.07, 6.45) is 8.29. The van der Waals surface area contributed by atoms with E-state index in [9.17, 15) is 0 Å². The van der Waals surface area contributed by atoms with Crippen molar-refractivity contribution in [3.8, 4) is 0 Å². The lowest BCUT2D eigenvalue weighted by molar-refractivity contribution is 0.403. The Labute approximate surface area is 151 Å².